The van der Waals surface area contributed by atoms with E-state index < -0.39 is 40.5 Å². The van der Waals surface area contributed by atoms with Gasteiger partial charge in [0.25, 0.3) is 10.1 Å². The lowest BCUT2D eigenvalue weighted by Crippen LogP contribution is -2.37. The van der Waals surface area contributed by atoms with Gasteiger partial charge in [-0.2, -0.15) is 8.42 Å². The maximum Gasteiger partial charge on any atom is 0.264 e. The molecule has 0 radical (unpaired) electrons. The molecule has 0 amide bonds. The highest BCUT2D eigenvalue weighted by atomic mass is 32.2. The number of hydrogen-bond acceptors (Lipinski definition) is 6. The molecule has 2 rings (SSSR count). The van der Waals surface area contributed by atoms with Crippen molar-refractivity contribution in [3.8, 4) is 0 Å². The molecule has 4 atom stereocenters. The number of ether oxygens (including phenoxy) is 3. The molecule has 0 aromatic carbocycles. The van der Waals surface area contributed by atoms with Crippen LogP contribution >= 0.6 is 0 Å². The zero-order valence-electron chi connectivity index (χ0n) is 9.95. The first-order chi connectivity index (χ1) is 7.72. The summed E-state index contributed by atoms with van der Waals surface area (Å²) >= 11 is 0. The fourth-order valence-electron chi connectivity index (χ4n) is 2.01. The van der Waals surface area contributed by atoms with Crippen molar-refractivity contribution in [1.29, 1.82) is 0 Å². The van der Waals surface area contributed by atoms with Crippen LogP contribution in [-0.2, 0) is 28.5 Å². The van der Waals surface area contributed by atoms with E-state index in [2.05, 4.69) is 6.58 Å². The smallest absolute Gasteiger partial charge is 0.264 e. The van der Waals surface area contributed by atoms with E-state index in [1.54, 1.807) is 13.8 Å². The van der Waals surface area contributed by atoms with Crippen molar-refractivity contribution in [2.45, 2.75) is 44.2 Å². The molecule has 2 heterocycles. The van der Waals surface area contributed by atoms with Gasteiger partial charge in [0.2, 0.25) is 0 Å². The van der Waals surface area contributed by atoms with Gasteiger partial charge in [-0.25, -0.2) is 0 Å². The van der Waals surface area contributed by atoms with Crippen LogP contribution in [0.3, 0.4) is 0 Å². The molecule has 0 N–H and O–H groups in total. The maximum absolute atomic E-state index is 11.2. The molecule has 17 heavy (non-hydrogen) atoms. The zero-order valence-corrected chi connectivity index (χ0v) is 10.8. The maximum atomic E-state index is 11.2. The molecule has 0 bridgehead atoms. The Morgan fingerprint density at radius 3 is 2.53 bits per heavy atom. The summed E-state index contributed by atoms with van der Waals surface area (Å²) in [5.74, 6) is -0.805. The standard InChI is InChI=1S/C10H16O6S/c1-5-6-7(16-17(4,11)12)8-9(13-6)15-10(2,3)14-8/h5-9H,1H2,2-4H3. The van der Waals surface area contributed by atoms with Crippen LogP contribution in [-0.4, -0.2) is 45.1 Å². The van der Waals surface area contributed by atoms with Crippen LogP contribution in [0.4, 0.5) is 0 Å². The summed E-state index contributed by atoms with van der Waals surface area (Å²) in [6.07, 6.45) is -0.0393. The van der Waals surface area contributed by atoms with Crippen molar-refractivity contribution >= 4 is 10.1 Å². The Labute approximate surface area is 101 Å². The molecule has 4 unspecified atom stereocenters. The van der Waals surface area contributed by atoms with E-state index >= 15 is 0 Å². The first-order valence-corrected chi connectivity index (χ1v) is 7.05. The third-order valence-electron chi connectivity index (χ3n) is 2.55. The predicted octanol–water partition coefficient (Wildman–Crippen LogP) is 0.394. The van der Waals surface area contributed by atoms with Crippen LogP contribution in [0.5, 0.6) is 0 Å². The van der Waals surface area contributed by atoms with Crippen molar-refractivity contribution in [2.75, 3.05) is 6.26 Å². The fourth-order valence-corrected chi connectivity index (χ4v) is 2.63. The van der Waals surface area contributed by atoms with Crippen LogP contribution < -0.4 is 0 Å². The largest absolute Gasteiger partial charge is 0.339 e. The molecule has 2 aliphatic rings. The van der Waals surface area contributed by atoms with Crippen LogP contribution in [0.25, 0.3) is 0 Å². The van der Waals surface area contributed by atoms with E-state index in [1.807, 2.05) is 0 Å². The molecule has 0 aliphatic carbocycles. The molecule has 2 fully saturated rings. The van der Waals surface area contributed by atoms with Gasteiger partial charge in [-0.15, -0.1) is 6.58 Å². The van der Waals surface area contributed by atoms with E-state index in [0.717, 1.165) is 6.26 Å². The lowest BCUT2D eigenvalue weighted by molar-refractivity contribution is -0.207. The van der Waals surface area contributed by atoms with Crippen LogP contribution in [0.15, 0.2) is 12.7 Å². The summed E-state index contributed by atoms with van der Waals surface area (Å²) in [6.45, 7) is 7.04. The summed E-state index contributed by atoms with van der Waals surface area (Å²) in [7, 11) is -3.59. The molecule has 0 aromatic heterocycles. The van der Waals surface area contributed by atoms with E-state index in [4.69, 9.17) is 18.4 Å². The monoisotopic (exact) mass is 264 g/mol. The van der Waals surface area contributed by atoms with Gasteiger partial charge in [-0.1, -0.05) is 6.08 Å². The molecule has 2 aliphatic heterocycles. The fraction of sp³-hybridized carbons (Fsp3) is 0.800. The summed E-state index contributed by atoms with van der Waals surface area (Å²) in [5.41, 5.74) is 0. The summed E-state index contributed by atoms with van der Waals surface area (Å²) < 4.78 is 43.9. The Balaban J connectivity index is 2.19. The second kappa shape index (κ2) is 4.03. The molecule has 7 heteroatoms. The van der Waals surface area contributed by atoms with Crippen LogP contribution in [0, 0.1) is 0 Å². The summed E-state index contributed by atoms with van der Waals surface area (Å²) in [6, 6.07) is 0. The van der Waals surface area contributed by atoms with E-state index in [0.29, 0.717) is 0 Å². The van der Waals surface area contributed by atoms with E-state index in [9.17, 15) is 8.42 Å². The molecule has 98 valence electrons. The minimum atomic E-state index is -3.59. The molecule has 0 aromatic rings. The zero-order chi connectivity index (χ0) is 12.8. The first kappa shape index (κ1) is 13.0. The molecule has 0 saturated carbocycles. The van der Waals surface area contributed by atoms with Gasteiger partial charge in [-0.05, 0) is 13.8 Å². The molecule has 0 spiro atoms. The SMILES string of the molecule is C=CC1OC2OC(C)(C)OC2C1OS(C)(=O)=O. The highest BCUT2D eigenvalue weighted by Crippen LogP contribution is 2.39. The predicted molar refractivity (Wildman–Crippen MR) is 58.6 cm³/mol. The van der Waals surface area contributed by atoms with Gasteiger partial charge in [0.05, 0.1) is 6.26 Å². The van der Waals surface area contributed by atoms with Gasteiger partial charge in [0, 0.05) is 0 Å². The Kier molecular flexibility index (Phi) is 3.07. The van der Waals surface area contributed by atoms with Crippen molar-refractivity contribution < 1.29 is 26.8 Å². The van der Waals surface area contributed by atoms with Gasteiger partial charge in [-0.3, -0.25) is 4.18 Å². The van der Waals surface area contributed by atoms with E-state index in [1.165, 1.54) is 6.08 Å². The van der Waals surface area contributed by atoms with Crippen molar-refractivity contribution in [3.05, 3.63) is 12.7 Å². The van der Waals surface area contributed by atoms with Crippen molar-refractivity contribution in [1.82, 2.24) is 0 Å². The second-order valence-electron chi connectivity index (χ2n) is 4.57. The average Bonchev–Trinajstić information content (AvgIpc) is 2.58. The van der Waals surface area contributed by atoms with Gasteiger partial charge in [0.15, 0.2) is 12.1 Å². The first-order valence-electron chi connectivity index (χ1n) is 5.24. The second-order valence-corrected chi connectivity index (χ2v) is 6.17. The van der Waals surface area contributed by atoms with Gasteiger partial charge >= 0.3 is 0 Å². The molecular weight excluding hydrogens is 248 g/mol. The van der Waals surface area contributed by atoms with Crippen molar-refractivity contribution in [2.24, 2.45) is 0 Å². The number of fused-ring (bicyclic) bond motifs is 1. The quantitative estimate of drug-likeness (QED) is 0.542. The molecule has 6 nitrogen and oxygen atoms in total. The van der Waals surface area contributed by atoms with E-state index in [-0.39, 0.29) is 0 Å². The van der Waals surface area contributed by atoms with Gasteiger partial charge < -0.3 is 14.2 Å². The third-order valence-corrected chi connectivity index (χ3v) is 3.12. The Bertz CT molecular complexity index is 415. The third kappa shape index (κ3) is 2.69. The normalized spacial score (nSPS) is 40.2. The highest BCUT2D eigenvalue weighted by Gasteiger charge is 2.55. The van der Waals surface area contributed by atoms with Crippen molar-refractivity contribution in [3.63, 3.8) is 0 Å². The number of hydrogen-bond donors (Lipinski definition) is 0. The lowest BCUT2D eigenvalue weighted by atomic mass is 10.1. The number of rotatable bonds is 3. The Hall–Kier alpha value is -0.470. The topological polar surface area (TPSA) is 71.1 Å². The average molecular weight is 264 g/mol. The summed E-state index contributed by atoms with van der Waals surface area (Å²) in [5, 5.41) is 0. The Morgan fingerprint density at radius 2 is 2.00 bits per heavy atom. The highest BCUT2D eigenvalue weighted by molar-refractivity contribution is 7.86. The van der Waals surface area contributed by atoms with Gasteiger partial charge in [0.1, 0.15) is 18.3 Å². The van der Waals surface area contributed by atoms with Crippen LogP contribution in [0.2, 0.25) is 0 Å². The molecular formula is C10H16O6S. The molecule has 2 saturated heterocycles. The lowest BCUT2D eigenvalue weighted by Gasteiger charge is -2.23. The van der Waals surface area contributed by atoms with Crippen LogP contribution in [0.1, 0.15) is 13.8 Å². The summed E-state index contributed by atoms with van der Waals surface area (Å²) in [4.78, 5) is 0. The Morgan fingerprint density at radius 1 is 1.35 bits per heavy atom. The minimum Gasteiger partial charge on any atom is -0.339 e. The minimum absolute atomic E-state index is 0.559.